The summed E-state index contributed by atoms with van der Waals surface area (Å²) in [6, 6.07) is 0. The van der Waals surface area contributed by atoms with Crippen molar-refractivity contribution in [1.82, 2.24) is 4.90 Å². The average Bonchev–Trinajstić information content (AvgIpc) is 2.33. The van der Waals surface area contributed by atoms with Crippen LogP contribution in [0.3, 0.4) is 0 Å². The average molecular weight is 246 g/mol. The first-order chi connectivity index (χ1) is 8.19. The van der Waals surface area contributed by atoms with E-state index in [-0.39, 0.29) is 24.9 Å². The number of aliphatic hydroxyl groups is 1. The van der Waals surface area contributed by atoms with E-state index in [2.05, 4.69) is 4.90 Å². The minimum atomic E-state index is -0.0535. The second-order valence-corrected chi connectivity index (χ2v) is 4.61. The lowest BCUT2D eigenvalue weighted by molar-refractivity contribution is -0.0973. The van der Waals surface area contributed by atoms with Crippen molar-refractivity contribution in [2.45, 2.75) is 38.6 Å². The molecule has 1 fully saturated rings. The molecule has 5 heteroatoms. The molecule has 0 bridgehead atoms. The van der Waals surface area contributed by atoms with Gasteiger partial charge in [-0.1, -0.05) is 0 Å². The molecule has 0 aromatic heterocycles. The Hall–Kier alpha value is -0.200. The largest absolute Gasteiger partial charge is 0.394 e. The van der Waals surface area contributed by atoms with Crippen LogP contribution in [0.4, 0.5) is 0 Å². The molecule has 1 aliphatic heterocycles. The number of nitrogens with zero attached hydrogens (tertiary/aromatic N) is 1. The fourth-order valence-electron chi connectivity index (χ4n) is 2.26. The van der Waals surface area contributed by atoms with Gasteiger partial charge in [0.05, 0.1) is 24.9 Å². The summed E-state index contributed by atoms with van der Waals surface area (Å²) in [6.45, 7) is 8.06. The molecule has 5 nitrogen and oxygen atoms in total. The van der Waals surface area contributed by atoms with Crippen LogP contribution in [0.25, 0.3) is 0 Å². The Morgan fingerprint density at radius 2 is 2.29 bits per heavy atom. The highest BCUT2D eigenvalue weighted by atomic mass is 16.5. The molecule has 3 N–H and O–H groups in total. The summed E-state index contributed by atoms with van der Waals surface area (Å²) in [5.74, 6) is 0. The van der Waals surface area contributed by atoms with Gasteiger partial charge in [0.2, 0.25) is 0 Å². The standard InChI is InChI=1S/C12H26N2O3/c1-3-16-11(6-13)4-5-14-7-10(2)17-12(8-14)9-15/h10-12,15H,3-9,13H2,1-2H3. The molecule has 0 radical (unpaired) electrons. The number of nitrogens with two attached hydrogens (primary N) is 1. The van der Waals surface area contributed by atoms with E-state index < -0.39 is 0 Å². The van der Waals surface area contributed by atoms with E-state index in [9.17, 15) is 0 Å². The Morgan fingerprint density at radius 3 is 2.88 bits per heavy atom. The van der Waals surface area contributed by atoms with Crippen LogP contribution in [0.2, 0.25) is 0 Å². The number of rotatable bonds is 7. The van der Waals surface area contributed by atoms with Gasteiger partial charge in [-0.15, -0.1) is 0 Å². The first-order valence-corrected chi connectivity index (χ1v) is 6.49. The van der Waals surface area contributed by atoms with Crippen molar-refractivity contribution in [3.8, 4) is 0 Å². The molecule has 0 spiro atoms. The van der Waals surface area contributed by atoms with Crippen LogP contribution < -0.4 is 5.73 Å². The topological polar surface area (TPSA) is 68.0 Å². The Bertz CT molecular complexity index is 204. The Labute approximate surface area is 104 Å². The molecule has 1 heterocycles. The van der Waals surface area contributed by atoms with Crippen LogP contribution in [-0.4, -0.2) is 67.7 Å². The molecule has 1 aliphatic rings. The summed E-state index contributed by atoms with van der Waals surface area (Å²) >= 11 is 0. The molecule has 1 saturated heterocycles. The SMILES string of the molecule is CCOC(CN)CCN1CC(C)OC(CO)C1. The molecule has 0 aromatic rings. The second kappa shape index (κ2) is 8.00. The van der Waals surface area contributed by atoms with Crippen LogP contribution >= 0.6 is 0 Å². The van der Waals surface area contributed by atoms with Crippen LogP contribution in [0.5, 0.6) is 0 Å². The smallest absolute Gasteiger partial charge is 0.0936 e. The second-order valence-electron chi connectivity index (χ2n) is 4.61. The Morgan fingerprint density at radius 1 is 1.53 bits per heavy atom. The monoisotopic (exact) mass is 246 g/mol. The van der Waals surface area contributed by atoms with Crippen molar-refractivity contribution in [3.63, 3.8) is 0 Å². The van der Waals surface area contributed by atoms with Gasteiger partial charge in [0.1, 0.15) is 0 Å². The van der Waals surface area contributed by atoms with E-state index >= 15 is 0 Å². The summed E-state index contributed by atoms with van der Waals surface area (Å²) in [5.41, 5.74) is 5.65. The van der Waals surface area contributed by atoms with Gasteiger partial charge in [-0.3, -0.25) is 4.90 Å². The first kappa shape index (κ1) is 14.9. The van der Waals surface area contributed by atoms with Gasteiger partial charge in [-0.25, -0.2) is 0 Å². The Balaban J connectivity index is 2.29. The quantitative estimate of drug-likeness (QED) is 0.652. The molecule has 0 saturated carbocycles. The number of hydrogen-bond donors (Lipinski definition) is 2. The number of hydrogen-bond acceptors (Lipinski definition) is 5. The molecule has 102 valence electrons. The lowest BCUT2D eigenvalue weighted by Crippen LogP contribution is -2.48. The van der Waals surface area contributed by atoms with Gasteiger partial charge in [-0.05, 0) is 20.3 Å². The zero-order valence-electron chi connectivity index (χ0n) is 11.0. The third-order valence-corrected chi connectivity index (χ3v) is 3.04. The van der Waals surface area contributed by atoms with Gasteiger partial charge in [0.25, 0.3) is 0 Å². The molecular weight excluding hydrogens is 220 g/mol. The summed E-state index contributed by atoms with van der Waals surface area (Å²) < 4.78 is 11.1. The van der Waals surface area contributed by atoms with E-state index in [1.54, 1.807) is 0 Å². The number of ether oxygens (including phenoxy) is 2. The van der Waals surface area contributed by atoms with Crippen LogP contribution in [0, 0.1) is 0 Å². The normalized spacial score (nSPS) is 28.2. The predicted octanol–water partition coefficient (Wildman–Crippen LogP) is -0.178. The van der Waals surface area contributed by atoms with Crippen LogP contribution in [0.15, 0.2) is 0 Å². The molecule has 3 atom stereocenters. The molecule has 17 heavy (non-hydrogen) atoms. The van der Waals surface area contributed by atoms with E-state index in [4.69, 9.17) is 20.3 Å². The van der Waals surface area contributed by atoms with Gasteiger partial charge in [0, 0.05) is 32.8 Å². The summed E-state index contributed by atoms with van der Waals surface area (Å²) in [5, 5.41) is 9.14. The van der Waals surface area contributed by atoms with Crippen molar-refractivity contribution in [3.05, 3.63) is 0 Å². The van der Waals surface area contributed by atoms with Gasteiger partial charge < -0.3 is 20.3 Å². The third kappa shape index (κ3) is 5.31. The van der Waals surface area contributed by atoms with Crippen molar-refractivity contribution in [2.24, 2.45) is 5.73 Å². The van der Waals surface area contributed by atoms with E-state index in [0.717, 1.165) is 26.1 Å². The fourth-order valence-corrected chi connectivity index (χ4v) is 2.26. The number of aliphatic hydroxyl groups excluding tert-OH is 1. The highest BCUT2D eigenvalue weighted by Gasteiger charge is 2.24. The maximum atomic E-state index is 9.14. The highest BCUT2D eigenvalue weighted by Crippen LogP contribution is 2.12. The third-order valence-electron chi connectivity index (χ3n) is 3.04. The first-order valence-electron chi connectivity index (χ1n) is 6.49. The maximum Gasteiger partial charge on any atom is 0.0936 e. The fraction of sp³-hybridized carbons (Fsp3) is 1.00. The summed E-state index contributed by atoms with van der Waals surface area (Å²) in [4.78, 5) is 2.32. The van der Waals surface area contributed by atoms with E-state index in [0.29, 0.717) is 13.2 Å². The van der Waals surface area contributed by atoms with Gasteiger partial charge in [-0.2, -0.15) is 0 Å². The predicted molar refractivity (Wildman–Crippen MR) is 66.9 cm³/mol. The summed E-state index contributed by atoms with van der Waals surface area (Å²) in [6.07, 6.45) is 1.21. The molecule has 0 amide bonds. The molecule has 0 aromatic carbocycles. The zero-order chi connectivity index (χ0) is 12.7. The lowest BCUT2D eigenvalue weighted by atomic mass is 10.2. The minimum Gasteiger partial charge on any atom is -0.394 e. The van der Waals surface area contributed by atoms with Crippen molar-refractivity contribution in [1.29, 1.82) is 0 Å². The van der Waals surface area contributed by atoms with Crippen molar-refractivity contribution in [2.75, 3.05) is 39.4 Å². The van der Waals surface area contributed by atoms with Crippen molar-refractivity contribution < 1.29 is 14.6 Å². The highest BCUT2D eigenvalue weighted by molar-refractivity contribution is 4.76. The lowest BCUT2D eigenvalue weighted by Gasteiger charge is -2.36. The molecule has 3 unspecified atom stereocenters. The van der Waals surface area contributed by atoms with Crippen LogP contribution in [-0.2, 0) is 9.47 Å². The molecule has 1 rings (SSSR count). The van der Waals surface area contributed by atoms with Crippen LogP contribution in [0.1, 0.15) is 20.3 Å². The molecular formula is C12H26N2O3. The van der Waals surface area contributed by atoms with Gasteiger partial charge in [0.15, 0.2) is 0 Å². The number of morpholine rings is 1. The zero-order valence-corrected chi connectivity index (χ0v) is 11.0. The van der Waals surface area contributed by atoms with E-state index in [1.165, 1.54) is 0 Å². The maximum absolute atomic E-state index is 9.14. The van der Waals surface area contributed by atoms with Crippen molar-refractivity contribution >= 4 is 0 Å². The van der Waals surface area contributed by atoms with E-state index in [1.807, 2.05) is 13.8 Å². The summed E-state index contributed by atoms with van der Waals surface area (Å²) in [7, 11) is 0. The minimum absolute atomic E-state index is 0.0535. The van der Waals surface area contributed by atoms with Gasteiger partial charge >= 0.3 is 0 Å². The Kier molecular flexibility index (Phi) is 6.99. The molecule has 0 aliphatic carbocycles.